The molecule has 16 aromatic rings. The summed E-state index contributed by atoms with van der Waals surface area (Å²) in [5.41, 5.74) is 11.4. The highest BCUT2D eigenvalue weighted by Gasteiger charge is 2.20. The van der Waals surface area contributed by atoms with Crippen LogP contribution in [0, 0.1) is 18.6 Å². The van der Waals surface area contributed by atoms with Gasteiger partial charge in [0, 0.05) is 46.0 Å². The van der Waals surface area contributed by atoms with E-state index in [4.69, 9.17) is 60.2 Å². The smallest absolute Gasteiger partial charge is 0.185 e. The number of halogens is 4. The Hall–Kier alpha value is -12.9. The van der Waals surface area contributed by atoms with E-state index in [1.807, 2.05) is 116 Å². The average molecular weight is 1420 g/mol. The summed E-state index contributed by atoms with van der Waals surface area (Å²) in [5, 5.41) is 33.3. The molecule has 8 aromatic carbocycles. The van der Waals surface area contributed by atoms with Gasteiger partial charge < -0.3 is 58.3 Å². The standard InChI is InChI=1S/C21H19N3O2.C20H16ClN3O2.C19H13ClFN3O2.C19H14FN3O2/c1-2-15-7-3-4-8-16(15)14-25-18-10-5-11-19-20(18)21(24-26-19)23-17-9-6-12-22-13-17;1-13-7-8-15(21)10-14(13)12-25-17-5-2-6-18-19(17)20(24-26-18)23-16-4-3-9-22-11-16;20-15-7-6-13(21)9-12(15)11-25-16-4-1-5-17-18(16)19(24-26-17)23-14-3-2-8-22-10-14;20-15-7-2-1-5-13(15)12-24-16-8-3-9-17-18(16)19(23-25-17)22-14-6-4-10-21-11-14/h3-13H,2,14H2,1H3,(H,23,24);2-11H,12H2,1H3,(H,23,24);1-10H,11H2,(H,23,24);1-11H,12H2,(H,22,23). The summed E-state index contributed by atoms with van der Waals surface area (Å²) in [6, 6.07) is 61.8. The number of ether oxygens (including phenoxy) is 4. The Labute approximate surface area is 598 Å². The molecule has 20 nitrogen and oxygen atoms in total. The van der Waals surface area contributed by atoms with Gasteiger partial charge in [0.25, 0.3) is 0 Å². The highest BCUT2D eigenvalue weighted by molar-refractivity contribution is 6.31. The molecule has 8 aromatic heterocycles. The van der Waals surface area contributed by atoms with Crippen LogP contribution in [0.25, 0.3) is 43.9 Å². The molecule has 16 rings (SSSR count). The Morgan fingerprint density at radius 1 is 0.359 bits per heavy atom. The van der Waals surface area contributed by atoms with Gasteiger partial charge in [-0.1, -0.05) is 124 Å². The van der Waals surface area contributed by atoms with Gasteiger partial charge in [-0.3, -0.25) is 19.9 Å². The van der Waals surface area contributed by atoms with Crippen LogP contribution in [0.15, 0.2) is 274 Å². The van der Waals surface area contributed by atoms with Crippen molar-refractivity contribution in [3.05, 3.63) is 311 Å². The van der Waals surface area contributed by atoms with Crippen LogP contribution in [-0.4, -0.2) is 40.6 Å². The molecule has 8 heterocycles. The van der Waals surface area contributed by atoms with Crippen LogP contribution >= 0.6 is 23.2 Å². The van der Waals surface area contributed by atoms with Gasteiger partial charge in [0.2, 0.25) is 0 Å². The molecule has 0 aliphatic carbocycles. The zero-order valence-corrected chi connectivity index (χ0v) is 56.7. The lowest BCUT2D eigenvalue weighted by molar-refractivity contribution is 0.303. The van der Waals surface area contributed by atoms with Crippen LogP contribution in [0.3, 0.4) is 0 Å². The third-order valence-electron chi connectivity index (χ3n) is 15.8. The van der Waals surface area contributed by atoms with Crippen LogP contribution in [0.4, 0.5) is 54.8 Å². The number of anilines is 8. The Morgan fingerprint density at radius 3 is 1.12 bits per heavy atom. The molecule has 0 amide bonds. The minimum absolute atomic E-state index is 0.114. The first-order chi connectivity index (χ1) is 50.6. The summed E-state index contributed by atoms with van der Waals surface area (Å²) < 4.78 is 72.7. The van der Waals surface area contributed by atoms with Crippen LogP contribution in [0.2, 0.25) is 10.0 Å². The molecule has 0 bridgehead atoms. The van der Waals surface area contributed by atoms with E-state index in [0.29, 0.717) is 108 Å². The fourth-order valence-electron chi connectivity index (χ4n) is 10.7. The first kappa shape index (κ1) is 68.6. The largest absolute Gasteiger partial charge is 0.488 e. The topological polar surface area (TPSA) is 241 Å². The molecule has 0 unspecified atom stereocenters. The number of rotatable bonds is 21. The average Bonchev–Trinajstić information content (AvgIpc) is 1.70. The summed E-state index contributed by atoms with van der Waals surface area (Å²) in [4.78, 5) is 16.3. The lowest BCUT2D eigenvalue weighted by Gasteiger charge is -2.11. The summed E-state index contributed by atoms with van der Waals surface area (Å²) in [7, 11) is 0. The second kappa shape index (κ2) is 33.3. The van der Waals surface area contributed by atoms with Crippen molar-refractivity contribution in [1.82, 2.24) is 40.6 Å². The van der Waals surface area contributed by atoms with E-state index in [9.17, 15) is 8.78 Å². The van der Waals surface area contributed by atoms with E-state index < -0.39 is 0 Å². The number of fused-ring (bicyclic) bond motifs is 4. The van der Waals surface area contributed by atoms with Crippen molar-refractivity contribution in [2.45, 2.75) is 46.7 Å². The van der Waals surface area contributed by atoms with Gasteiger partial charge in [0.1, 0.15) is 82.6 Å². The third-order valence-corrected chi connectivity index (χ3v) is 16.5. The van der Waals surface area contributed by atoms with E-state index in [1.54, 1.807) is 104 Å². The van der Waals surface area contributed by atoms with Gasteiger partial charge in [0.05, 0.1) is 47.5 Å². The Kier molecular flexibility index (Phi) is 22.2. The molecule has 0 radical (unpaired) electrons. The van der Waals surface area contributed by atoms with Crippen LogP contribution in [0.5, 0.6) is 23.0 Å². The van der Waals surface area contributed by atoms with E-state index in [1.165, 1.54) is 35.4 Å². The van der Waals surface area contributed by atoms with Crippen molar-refractivity contribution in [1.29, 1.82) is 0 Å². The summed E-state index contributed by atoms with van der Waals surface area (Å²) in [5.74, 6) is 4.11. The quantitative estimate of drug-likeness (QED) is 0.0523. The number of pyridine rings is 4. The predicted molar refractivity (Wildman–Crippen MR) is 393 cm³/mol. The third kappa shape index (κ3) is 17.4. The number of benzene rings is 8. The molecule has 514 valence electrons. The van der Waals surface area contributed by atoms with E-state index in [-0.39, 0.29) is 24.8 Å². The molecule has 24 heteroatoms. The number of aromatic nitrogens is 8. The second-order valence-electron chi connectivity index (χ2n) is 22.8. The van der Waals surface area contributed by atoms with Crippen LogP contribution in [-0.2, 0) is 32.8 Å². The summed E-state index contributed by atoms with van der Waals surface area (Å²) in [6.45, 7) is 5.32. The molecular weight excluding hydrogens is 1350 g/mol. The monoisotopic (exact) mass is 1410 g/mol. The lowest BCUT2D eigenvalue weighted by atomic mass is 10.1. The zero-order chi connectivity index (χ0) is 70.7. The highest BCUT2D eigenvalue weighted by Crippen LogP contribution is 2.39. The SMILES string of the molecule is CCc1ccccc1COc1cccc2onc(Nc3cccnc3)c12.Cc1ccc(Cl)cc1COc1cccc2onc(Nc3cccnc3)c12.Fc1ccc(Cl)c(COc2cccc3onc(Nc4cccnc4)c23)c1.Fc1ccccc1COc1cccc2onc(Nc3cccnc3)c12. The highest BCUT2D eigenvalue weighted by atomic mass is 35.5. The molecule has 0 saturated heterocycles. The number of hydrogen-bond acceptors (Lipinski definition) is 20. The van der Waals surface area contributed by atoms with Crippen molar-refractivity contribution in [3.63, 3.8) is 0 Å². The number of aryl methyl sites for hydroxylation is 2. The van der Waals surface area contributed by atoms with Crippen molar-refractivity contribution in [2.75, 3.05) is 21.3 Å². The molecule has 103 heavy (non-hydrogen) atoms. The first-order valence-electron chi connectivity index (χ1n) is 32.3. The zero-order valence-electron chi connectivity index (χ0n) is 55.1. The predicted octanol–water partition coefficient (Wildman–Crippen LogP) is 20.6. The van der Waals surface area contributed by atoms with Gasteiger partial charge in [-0.25, -0.2) is 8.78 Å². The first-order valence-corrected chi connectivity index (χ1v) is 33.0. The molecule has 0 fully saturated rings. The van der Waals surface area contributed by atoms with Gasteiger partial charge in [-0.05, 0) is 169 Å². The summed E-state index contributed by atoms with van der Waals surface area (Å²) >= 11 is 12.2. The molecule has 0 aliphatic heterocycles. The van der Waals surface area contributed by atoms with Crippen LogP contribution in [0.1, 0.15) is 40.3 Å². The fourth-order valence-corrected chi connectivity index (χ4v) is 11.1. The maximum atomic E-state index is 13.8. The lowest BCUT2D eigenvalue weighted by Crippen LogP contribution is -2.00. The molecule has 0 aliphatic rings. The van der Waals surface area contributed by atoms with E-state index >= 15 is 0 Å². The number of nitrogens with one attached hydrogen (secondary N) is 4. The Morgan fingerprint density at radius 2 is 0.728 bits per heavy atom. The molecule has 0 saturated carbocycles. The number of nitrogens with zero attached hydrogens (tertiary/aromatic N) is 8. The maximum absolute atomic E-state index is 13.8. The second-order valence-corrected chi connectivity index (χ2v) is 23.6. The summed E-state index contributed by atoms with van der Waals surface area (Å²) in [6.07, 6.45) is 14.6. The van der Waals surface area contributed by atoms with Crippen molar-refractivity contribution in [2.24, 2.45) is 0 Å². The van der Waals surface area contributed by atoms with E-state index in [0.717, 1.165) is 56.8 Å². The minimum atomic E-state index is -0.366. The van der Waals surface area contributed by atoms with Crippen molar-refractivity contribution in [3.8, 4) is 23.0 Å². The van der Waals surface area contributed by atoms with Crippen molar-refractivity contribution < 1.29 is 45.8 Å². The Balaban J connectivity index is 0.000000122. The van der Waals surface area contributed by atoms with Crippen LogP contribution < -0.4 is 40.2 Å². The van der Waals surface area contributed by atoms with Gasteiger partial charge in [0.15, 0.2) is 45.6 Å². The fraction of sp³-hybridized carbons (Fsp3) is 0.0886. The van der Waals surface area contributed by atoms with Gasteiger partial charge >= 0.3 is 0 Å². The van der Waals surface area contributed by atoms with E-state index in [2.05, 4.69) is 87.0 Å². The Bertz CT molecular complexity index is 5300. The maximum Gasteiger partial charge on any atom is 0.185 e. The minimum Gasteiger partial charge on any atom is -0.488 e. The van der Waals surface area contributed by atoms with Gasteiger partial charge in [-0.15, -0.1) is 0 Å². The van der Waals surface area contributed by atoms with Crippen molar-refractivity contribution >= 4 is 113 Å². The number of hydrogen-bond donors (Lipinski definition) is 4. The molecule has 0 atom stereocenters. The normalized spacial score (nSPS) is 10.8. The molecule has 0 spiro atoms. The molecule has 4 N–H and O–H groups in total. The van der Waals surface area contributed by atoms with Gasteiger partial charge in [-0.2, -0.15) is 0 Å². The molecular formula is C79H62Cl2F2N12O8.